The van der Waals surface area contributed by atoms with Crippen LogP contribution in [0.2, 0.25) is 0 Å². The van der Waals surface area contributed by atoms with E-state index in [0.717, 1.165) is 60.6 Å². The fourth-order valence-corrected chi connectivity index (χ4v) is 4.62. The Labute approximate surface area is 182 Å². The molecule has 0 aliphatic carbocycles. The highest BCUT2D eigenvalue weighted by Gasteiger charge is 2.19. The molecule has 9 heteroatoms. The van der Waals surface area contributed by atoms with Crippen LogP contribution in [0.3, 0.4) is 0 Å². The number of H-pyrrole nitrogens is 1. The van der Waals surface area contributed by atoms with Crippen molar-refractivity contribution >= 4 is 26.7 Å². The van der Waals surface area contributed by atoms with Crippen molar-refractivity contribution in [1.82, 2.24) is 19.6 Å². The van der Waals surface area contributed by atoms with Gasteiger partial charge in [0.1, 0.15) is 0 Å². The van der Waals surface area contributed by atoms with Gasteiger partial charge in [-0.15, -0.1) is 0 Å². The summed E-state index contributed by atoms with van der Waals surface area (Å²) in [5.41, 5.74) is 4.38. The van der Waals surface area contributed by atoms with Gasteiger partial charge in [-0.3, -0.25) is 14.7 Å². The number of nitrogens with one attached hydrogen (secondary N) is 2. The van der Waals surface area contributed by atoms with E-state index in [9.17, 15) is 13.2 Å². The van der Waals surface area contributed by atoms with Gasteiger partial charge in [-0.25, -0.2) is 13.1 Å². The topological polar surface area (TPSA) is 98.4 Å². The molecule has 1 saturated heterocycles. The van der Waals surface area contributed by atoms with E-state index in [1.165, 1.54) is 7.05 Å². The lowest BCUT2D eigenvalue weighted by Gasteiger charge is -2.36. The molecule has 1 aromatic carbocycles. The van der Waals surface area contributed by atoms with E-state index in [-0.39, 0.29) is 10.5 Å². The number of aromatic amines is 1. The number of fused-ring (bicyclic) bond motifs is 1. The molecule has 0 spiro atoms. The molecule has 0 amide bonds. The van der Waals surface area contributed by atoms with Crippen LogP contribution in [-0.2, 0) is 23.0 Å². The highest BCUT2D eigenvalue weighted by atomic mass is 32.2. The molecule has 1 aliphatic heterocycles. The molecule has 0 bridgehead atoms. The van der Waals surface area contributed by atoms with Crippen molar-refractivity contribution in [3.8, 4) is 0 Å². The van der Waals surface area contributed by atoms with E-state index in [4.69, 9.17) is 0 Å². The smallest absolute Gasteiger partial charge is 0.251 e. The Bertz CT molecular complexity index is 1230. The highest BCUT2D eigenvalue weighted by molar-refractivity contribution is 7.89. The average molecular weight is 442 g/mol. The first kappa shape index (κ1) is 21.5. The van der Waals surface area contributed by atoms with Crippen LogP contribution in [0.25, 0.3) is 11.0 Å². The van der Waals surface area contributed by atoms with E-state index in [0.29, 0.717) is 6.42 Å². The van der Waals surface area contributed by atoms with Crippen LogP contribution >= 0.6 is 0 Å². The van der Waals surface area contributed by atoms with Crippen molar-refractivity contribution in [3.63, 3.8) is 0 Å². The van der Waals surface area contributed by atoms with Crippen molar-refractivity contribution in [2.75, 3.05) is 38.1 Å². The van der Waals surface area contributed by atoms with Crippen LogP contribution in [0.15, 0.2) is 52.3 Å². The molecule has 0 atom stereocenters. The third-order valence-corrected chi connectivity index (χ3v) is 7.20. The first-order valence-corrected chi connectivity index (χ1v) is 11.9. The summed E-state index contributed by atoms with van der Waals surface area (Å²) in [5.74, 6) is 0. The quantitative estimate of drug-likeness (QED) is 0.604. The van der Waals surface area contributed by atoms with Gasteiger partial charge in [0.25, 0.3) is 5.56 Å². The Morgan fingerprint density at radius 1 is 1.10 bits per heavy atom. The van der Waals surface area contributed by atoms with Gasteiger partial charge in [-0.2, -0.15) is 0 Å². The van der Waals surface area contributed by atoms with Crippen molar-refractivity contribution in [2.45, 2.75) is 24.8 Å². The Hall–Kier alpha value is -2.75. The first-order valence-electron chi connectivity index (χ1n) is 10.4. The minimum atomic E-state index is -3.42. The lowest BCUT2D eigenvalue weighted by Crippen LogP contribution is -2.46. The fraction of sp³-hybridized carbons (Fsp3) is 0.364. The second-order valence-corrected chi connectivity index (χ2v) is 9.60. The third kappa shape index (κ3) is 4.63. The second-order valence-electron chi connectivity index (χ2n) is 7.72. The SMILES string of the molecule is CCc1cc2ncc(CN3CCN(c4ccc(S(=O)(=O)NC)cc4)CC3)cc2[nH]c1=O. The maximum atomic E-state index is 12.1. The van der Waals surface area contributed by atoms with Crippen LogP contribution in [0.5, 0.6) is 0 Å². The highest BCUT2D eigenvalue weighted by Crippen LogP contribution is 2.20. The summed E-state index contributed by atoms with van der Waals surface area (Å²) in [7, 11) is -2.01. The van der Waals surface area contributed by atoms with Crippen molar-refractivity contribution in [2.24, 2.45) is 0 Å². The zero-order valence-electron chi connectivity index (χ0n) is 17.8. The molecule has 31 heavy (non-hydrogen) atoms. The molecule has 0 radical (unpaired) electrons. The molecular weight excluding hydrogens is 414 g/mol. The van der Waals surface area contributed by atoms with Gasteiger partial charge >= 0.3 is 0 Å². The van der Waals surface area contributed by atoms with Crippen molar-refractivity contribution in [3.05, 3.63) is 64.1 Å². The molecule has 2 aromatic heterocycles. The van der Waals surface area contributed by atoms with Gasteiger partial charge in [0.05, 0.1) is 15.9 Å². The standard InChI is InChI=1S/C22H27N5O3S/c1-3-17-13-20-21(25-22(17)28)12-16(14-24-20)15-26-8-10-27(11-9-26)18-4-6-19(7-5-18)31(29,30)23-2/h4-7,12-14,23H,3,8-11,15H2,1-2H3,(H,25,28). The summed E-state index contributed by atoms with van der Waals surface area (Å²) in [6, 6.07) is 10.9. The zero-order valence-corrected chi connectivity index (χ0v) is 18.6. The minimum Gasteiger partial charge on any atom is -0.369 e. The Balaban J connectivity index is 1.39. The summed E-state index contributed by atoms with van der Waals surface area (Å²) in [4.78, 5) is 24.5. The average Bonchev–Trinajstić information content (AvgIpc) is 2.79. The lowest BCUT2D eigenvalue weighted by molar-refractivity contribution is 0.249. The zero-order chi connectivity index (χ0) is 22.0. The number of hydrogen-bond acceptors (Lipinski definition) is 6. The van der Waals surface area contributed by atoms with Gasteiger partial charge in [0.2, 0.25) is 10.0 Å². The number of anilines is 1. The Morgan fingerprint density at radius 3 is 2.45 bits per heavy atom. The molecule has 2 N–H and O–H groups in total. The predicted molar refractivity (Wildman–Crippen MR) is 122 cm³/mol. The van der Waals surface area contributed by atoms with Crippen LogP contribution in [0.1, 0.15) is 18.1 Å². The molecule has 0 unspecified atom stereocenters. The molecule has 4 rings (SSSR count). The van der Waals surface area contributed by atoms with Gasteiger partial charge in [-0.1, -0.05) is 6.92 Å². The van der Waals surface area contributed by atoms with Crippen LogP contribution in [0.4, 0.5) is 5.69 Å². The number of rotatable bonds is 6. The largest absolute Gasteiger partial charge is 0.369 e. The number of sulfonamides is 1. The van der Waals surface area contributed by atoms with Gasteiger partial charge in [0.15, 0.2) is 0 Å². The molecule has 3 aromatic rings. The Kier molecular flexibility index (Phi) is 6.08. The monoisotopic (exact) mass is 441 g/mol. The van der Waals surface area contributed by atoms with Crippen LogP contribution < -0.4 is 15.2 Å². The second kappa shape index (κ2) is 8.78. The summed E-state index contributed by atoms with van der Waals surface area (Å²) in [5, 5.41) is 0. The number of aryl methyl sites for hydroxylation is 1. The molecule has 0 saturated carbocycles. The Morgan fingerprint density at radius 2 is 1.81 bits per heavy atom. The molecule has 1 fully saturated rings. The number of piperazine rings is 1. The van der Waals surface area contributed by atoms with Crippen molar-refractivity contribution in [1.29, 1.82) is 0 Å². The summed E-state index contributed by atoms with van der Waals surface area (Å²) < 4.78 is 26.1. The van der Waals surface area contributed by atoms with E-state index in [2.05, 4.69) is 24.5 Å². The molecule has 3 heterocycles. The normalized spacial score (nSPS) is 15.5. The van der Waals surface area contributed by atoms with Gasteiger partial charge in [-0.05, 0) is 55.4 Å². The van der Waals surface area contributed by atoms with Crippen LogP contribution in [0, 0.1) is 0 Å². The molecular formula is C22H27N5O3S. The van der Waals surface area contributed by atoms with E-state index in [1.807, 2.05) is 37.4 Å². The minimum absolute atomic E-state index is 0.0453. The lowest BCUT2D eigenvalue weighted by atomic mass is 10.1. The summed E-state index contributed by atoms with van der Waals surface area (Å²) in [6.07, 6.45) is 2.57. The maximum Gasteiger partial charge on any atom is 0.251 e. The first-order chi connectivity index (χ1) is 14.9. The van der Waals surface area contributed by atoms with Gasteiger partial charge < -0.3 is 9.88 Å². The third-order valence-electron chi connectivity index (χ3n) is 5.77. The molecule has 164 valence electrons. The van der Waals surface area contributed by atoms with E-state index in [1.54, 1.807) is 12.1 Å². The molecule has 1 aliphatic rings. The number of hydrogen-bond donors (Lipinski definition) is 2. The number of benzene rings is 1. The maximum absolute atomic E-state index is 12.1. The van der Waals surface area contributed by atoms with Crippen LogP contribution in [-0.4, -0.2) is 56.5 Å². The predicted octanol–water partition coefficient (Wildman–Crippen LogP) is 1.72. The number of nitrogens with zero attached hydrogens (tertiary/aromatic N) is 3. The van der Waals surface area contributed by atoms with E-state index >= 15 is 0 Å². The van der Waals surface area contributed by atoms with Gasteiger partial charge in [0, 0.05) is 50.2 Å². The number of pyridine rings is 2. The summed E-state index contributed by atoms with van der Waals surface area (Å²) in [6.45, 7) is 6.22. The summed E-state index contributed by atoms with van der Waals surface area (Å²) >= 11 is 0. The van der Waals surface area contributed by atoms with Crippen molar-refractivity contribution < 1.29 is 8.42 Å². The fourth-order valence-electron chi connectivity index (χ4n) is 3.89. The number of aromatic nitrogens is 2. The van der Waals surface area contributed by atoms with E-state index < -0.39 is 10.0 Å². The molecule has 8 nitrogen and oxygen atoms in total.